The van der Waals surface area contributed by atoms with E-state index in [4.69, 9.17) is 30.5 Å². The van der Waals surface area contributed by atoms with E-state index in [9.17, 15) is 8.42 Å². The number of benzene rings is 3. The van der Waals surface area contributed by atoms with E-state index >= 15 is 0 Å². The molecule has 3 rings (SSSR count). The Labute approximate surface area is 180 Å². The lowest BCUT2D eigenvalue weighted by molar-refractivity contribution is 0.354. The SMILES string of the molecule is COc1cccc(Oc2ccc(Cl)cc2NS(=O)(=O)c2ccc(OC)c(OC)c2)c1. The summed E-state index contributed by atoms with van der Waals surface area (Å²) in [5.74, 6) is 2.06. The van der Waals surface area contributed by atoms with Gasteiger partial charge in [0.25, 0.3) is 10.0 Å². The maximum atomic E-state index is 13.0. The summed E-state index contributed by atoms with van der Waals surface area (Å²) in [6.07, 6.45) is 0. The number of hydrogen-bond donors (Lipinski definition) is 1. The molecule has 0 aliphatic carbocycles. The van der Waals surface area contributed by atoms with E-state index in [-0.39, 0.29) is 16.3 Å². The van der Waals surface area contributed by atoms with E-state index in [1.165, 1.54) is 38.5 Å². The number of halogens is 1. The number of anilines is 1. The lowest BCUT2D eigenvalue weighted by Crippen LogP contribution is -2.14. The predicted octanol–water partition coefficient (Wildman–Crippen LogP) is 4.96. The number of methoxy groups -OCH3 is 3. The van der Waals surface area contributed by atoms with Crippen molar-refractivity contribution in [1.29, 1.82) is 0 Å². The second-order valence-electron chi connectivity index (χ2n) is 6.04. The fourth-order valence-electron chi connectivity index (χ4n) is 2.65. The summed E-state index contributed by atoms with van der Waals surface area (Å²) in [7, 11) is 0.482. The van der Waals surface area contributed by atoms with Gasteiger partial charge in [-0.2, -0.15) is 0 Å². The molecule has 0 radical (unpaired) electrons. The van der Waals surface area contributed by atoms with Gasteiger partial charge in [0.05, 0.1) is 31.9 Å². The molecule has 3 aromatic carbocycles. The molecular weight excluding hydrogens is 430 g/mol. The first kappa shape index (κ1) is 21.6. The van der Waals surface area contributed by atoms with Gasteiger partial charge in [0.2, 0.25) is 0 Å². The standard InChI is InChI=1S/C21H20ClNO6S/c1-26-15-5-4-6-16(12-15)29-19-9-7-14(22)11-18(19)23-30(24,25)17-8-10-20(27-2)21(13-17)28-3/h4-13,23H,1-3H3. The highest BCUT2D eigenvalue weighted by molar-refractivity contribution is 7.92. The third-order valence-electron chi connectivity index (χ3n) is 4.12. The molecule has 0 saturated heterocycles. The predicted molar refractivity (Wildman–Crippen MR) is 115 cm³/mol. The Hall–Kier alpha value is -3.10. The van der Waals surface area contributed by atoms with Gasteiger partial charge in [-0.3, -0.25) is 4.72 Å². The fourth-order valence-corrected chi connectivity index (χ4v) is 3.90. The zero-order valence-electron chi connectivity index (χ0n) is 16.5. The van der Waals surface area contributed by atoms with E-state index < -0.39 is 10.0 Å². The second-order valence-corrected chi connectivity index (χ2v) is 8.16. The molecule has 0 bridgehead atoms. The molecule has 7 nitrogen and oxygen atoms in total. The first-order valence-electron chi connectivity index (χ1n) is 8.72. The molecule has 9 heteroatoms. The van der Waals surface area contributed by atoms with Crippen LogP contribution in [-0.2, 0) is 10.0 Å². The van der Waals surface area contributed by atoms with Crippen LogP contribution in [0.4, 0.5) is 5.69 Å². The molecule has 0 atom stereocenters. The van der Waals surface area contributed by atoms with Crippen LogP contribution in [0.3, 0.4) is 0 Å². The minimum Gasteiger partial charge on any atom is -0.497 e. The van der Waals surface area contributed by atoms with Crippen molar-refractivity contribution in [2.24, 2.45) is 0 Å². The van der Waals surface area contributed by atoms with Crippen molar-refractivity contribution in [1.82, 2.24) is 0 Å². The third kappa shape index (κ3) is 4.90. The van der Waals surface area contributed by atoms with E-state index in [0.717, 1.165) is 0 Å². The molecule has 0 unspecified atom stereocenters. The molecule has 0 fully saturated rings. The summed E-state index contributed by atoms with van der Waals surface area (Å²) in [6.45, 7) is 0. The molecule has 0 aliphatic heterocycles. The Morgan fingerprint density at radius 1 is 0.767 bits per heavy atom. The Morgan fingerprint density at radius 3 is 2.17 bits per heavy atom. The second kappa shape index (κ2) is 9.15. The summed E-state index contributed by atoms with van der Waals surface area (Å²) in [5.41, 5.74) is 0.181. The van der Waals surface area contributed by atoms with Gasteiger partial charge in [0.1, 0.15) is 11.5 Å². The van der Waals surface area contributed by atoms with Crippen LogP contribution in [0.15, 0.2) is 65.6 Å². The Kier molecular flexibility index (Phi) is 6.59. The van der Waals surface area contributed by atoms with Crippen LogP contribution >= 0.6 is 11.6 Å². The summed E-state index contributed by atoms with van der Waals surface area (Å²) in [6, 6.07) is 15.9. The van der Waals surface area contributed by atoms with E-state index in [1.807, 2.05) is 0 Å². The molecule has 1 N–H and O–H groups in total. The zero-order chi connectivity index (χ0) is 21.7. The van der Waals surface area contributed by atoms with Gasteiger partial charge in [-0.15, -0.1) is 0 Å². The van der Waals surface area contributed by atoms with Gasteiger partial charge >= 0.3 is 0 Å². The van der Waals surface area contributed by atoms with Gasteiger partial charge in [-0.25, -0.2) is 8.42 Å². The van der Waals surface area contributed by atoms with Crippen LogP contribution in [0.25, 0.3) is 0 Å². The Balaban J connectivity index is 1.94. The van der Waals surface area contributed by atoms with Crippen LogP contribution in [0.1, 0.15) is 0 Å². The van der Waals surface area contributed by atoms with Gasteiger partial charge in [-0.1, -0.05) is 17.7 Å². The Bertz CT molecular complexity index is 1150. The van der Waals surface area contributed by atoms with Gasteiger partial charge in [0, 0.05) is 17.2 Å². The number of rotatable bonds is 8. The summed E-state index contributed by atoms with van der Waals surface area (Å²) in [4.78, 5) is -0.00699. The van der Waals surface area contributed by atoms with Crippen molar-refractivity contribution < 1.29 is 27.4 Å². The highest BCUT2D eigenvalue weighted by atomic mass is 35.5. The molecule has 3 aromatic rings. The summed E-state index contributed by atoms with van der Waals surface area (Å²) in [5, 5.41) is 0.345. The highest BCUT2D eigenvalue weighted by Gasteiger charge is 2.20. The minimum atomic E-state index is -3.96. The normalized spacial score (nSPS) is 10.9. The summed E-state index contributed by atoms with van der Waals surface area (Å²) >= 11 is 6.08. The number of sulfonamides is 1. The van der Waals surface area contributed by atoms with Crippen molar-refractivity contribution in [3.63, 3.8) is 0 Å². The van der Waals surface area contributed by atoms with Crippen LogP contribution < -0.4 is 23.7 Å². The zero-order valence-corrected chi connectivity index (χ0v) is 18.1. The quantitative estimate of drug-likeness (QED) is 0.523. The molecule has 0 aromatic heterocycles. The van der Waals surface area contributed by atoms with Crippen molar-refractivity contribution in [3.05, 3.63) is 65.7 Å². The average molecular weight is 450 g/mol. The number of nitrogens with one attached hydrogen (secondary N) is 1. The fraction of sp³-hybridized carbons (Fsp3) is 0.143. The number of ether oxygens (including phenoxy) is 4. The third-order valence-corrected chi connectivity index (χ3v) is 5.72. The van der Waals surface area contributed by atoms with E-state index in [0.29, 0.717) is 28.0 Å². The van der Waals surface area contributed by atoms with Crippen LogP contribution in [0.5, 0.6) is 28.7 Å². The topological polar surface area (TPSA) is 83.1 Å². The lowest BCUT2D eigenvalue weighted by Gasteiger charge is -2.15. The lowest BCUT2D eigenvalue weighted by atomic mass is 10.3. The molecule has 30 heavy (non-hydrogen) atoms. The number of hydrogen-bond acceptors (Lipinski definition) is 6. The molecule has 158 valence electrons. The largest absolute Gasteiger partial charge is 0.497 e. The summed E-state index contributed by atoms with van der Waals surface area (Å²) < 4.78 is 49.8. The first-order chi connectivity index (χ1) is 14.4. The van der Waals surface area contributed by atoms with E-state index in [1.54, 1.807) is 43.5 Å². The van der Waals surface area contributed by atoms with Gasteiger partial charge in [0.15, 0.2) is 17.2 Å². The van der Waals surface area contributed by atoms with Crippen molar-refractivity contribution in [2.75, 3.05) is 26.1 Å². The molecule has 0 amide bonds. The Morgan fingerprint density at radius 2 is 1.47 bits per heavy atom. The molecule has 0 saturated carbocycles. The van der Waals surface area contributed by atoms with E-state index in [2.05, 4.69) is 4.72 Å². The maximum absolute atomic E-state index is 13.0. The molecule has 0 spiro atoms. The monoisotopic (exact) mass is 449 g/mol. The minimum absolute atomic E-state index is 0.00699. The smallest absolute Gasteiger partial charge is 0.262 e. The van der Waals surface area contributed by atoms with Gasteiger partial charge in [-0.05, 0) is 42.5 Å². The van der Waals surface area contributed by atoms with Crippen molar-refractivity contribution in [3.8, 4) is 28.7 Å². The maximum Gasteiger partial charge on any atom is 0.262 e. The molecule has 0 heterocycles. The average Bonchev–Trinajstić information content (AvgIpc) is 2.75. The molecular formula is C21H20ClNO6S. The van der Waals surface area contributed by atoms with Crippen LogP contribution in [0.2, 0.25) is 5.02 Å². The van der Waals surface area contributed by atoms with Crippen LogP contribution in [-0.4, -0.2) is 29.7 Å². The van der Waals surface area contributed by atoms with Crippen LogP contribution in [0, 0.1) is 0 Å². The van der Waals surface area contributed by atoms with Crippen molar-refractivity contribution >= 4 is 27.3 Å². The van der Waals surface area contributed by atoms with Crippen molar-refractivity contribution in [2.45, 2.75) is 4.90 Å². The first-order valence-corrected chi connectivity index (χ1v) is 10.6. The molecule has 0 aliphatic rings. The highest BCUT2D eigenvalue weighted by Crippen LogP contribution is 2.36. The van der Waals surface area contributed by atoms with Gasteiger partial charge < -0.3 is 18.9 Å².